The number of morpholine rings is 1. The van der Waals surface area contributed by atoms with Gasteiger partial charge in [0.05, 0.1) is 12.2 Å². The third-order valence-electron chi connectivity index (χ3n) is 2.43. The van der Waals surface area contributed by atoms with Crippen LogP contribution in [0.25, 0.3) is 11.5 Å². The van der Waals surface area contributed by atoms with Gasteiger partial charge in [0.25, 0.3) is 5.89 Å². The largest absolute Gasteiger partial charge is 0.367 e. The third-order valence-corrected chi connectivity index (χ3v) is 3.11. The van der Waals surface area contributed by atoms with Crippen LogP contribution in [-0.4, -0.2) is 29.8 Å². The van der Waals surface area contributed by atoms with E-state index in [1.54, 1.807) is 11.3 Å². The van der Waals surface area contributed by atoms with Crippen molar-refractivity contribution >= 4 is 11.3 Å². The Hall–Kier alpha value is -1.24. The Labute approximate surface area is 96.4 Å². The molecule has 0 saturated carbocycles. The molecule has 3 heterocycles. The third kappa shape index (κ3) is 1.87. The Kier molecular flexibility index (Phi) is 2.69. The zero-order valence-electron chi connectivity index (χ0n) is 8.55. The fourth-order valence-corrected chi connectivity index (χ4v) is 2.23. The van der Waals surface area contributed by atoms with E-state index in [0.717, 1.165) is 18.7 Å². The molecule has 84 valence electrons. The number of aromatic nitrogens is 2. The Morgan fingerprint density at radius 2 is 2.50 bits per heavy atom. The first-order chi connectivity index (χ1) is 7.93. The summed E-state index contributed by atoms with van der Waals surface area (Å²) in [6, 6.07) is 1.96. The molecule has 0 bridgehead atoms. The molecule has 5 nitrogen and oxygen atoms in total. The van der Waals surface area contributed by atoms with Crippen LogP contribution in [0.15, 0.2) is 21.3 Å². The van der Waals surface area contributed by atoms with Crippen molar-refractivity contribution in [3.63, 3.8) is 0 Å². The summed E-state index contributed by atoms with van der Waals surface area (Å²) in [5, 5.41) is 11.1. The van der Waals surface area contributed by atoms with Crippen LogP contribution in [0.3, 0.4) is 0 Å². The molecule has 1 unspecified atom stereocenters. The first-order valence-corrected chi connectivity index (χ1v) is 6.06. The standard InChI is InChI=1S/C10H11N3O2S/c1-4-16-6-7(1)10-12-9(13-15-10)8-5-11-2-3-14-8/h1,4,6,8,11H,2-3,5H2. The molecule has 2 aromatic heterocycles. The highest BCUT2D eigenvalue weighted by atomic mass is 32.1. The summed E-state index contributed by atoms with van der Waals surface area (Å²) >= 11 is 1.61. The smallest absolute Gasteiger partial charge is 0.258 e. The van der Waals surface area contributed by atoms with E-state index in [-0.39, 0.29) is 6.10 Å². The zero-order chi connectivity index (χ0) is 10.8. The molecule has 0 radical (unpaired) electrons. The number of rotatable bonds is 2. The Morgan fingerprint density at radius 1 is 1.50 bits per heavy atom. The number of hydrogen-bond donors (Lipinski definition) is 1. The SMILES string of the molecule is c1cc(-c2nc(C3CNCCO3)no2)cs1. The van der Waals surface area contributed by atoms with E-state index in [2.05, 4.69) is 15.5 Å². The molecule has 1 N–H and O–H groups in total. The maximum Gasteiger partial charge on any atom is 0.258 e. The van der Waals surface area contributed by atoms with Crippen molar-refractivity contribution in [1.29, 1.82) is 0 Å². The van der Waals surface area contributed by atoms with Gasteiger partial charge in [-0.3, -0.25) is 0 Å². The number of nitrogens with zero attached hydrogens (tertiary/aromatic N) is 2. The molecular weight excluding hydrogens is 226 g/mol. The fraction of sp³-hybridized carbons (Fsp3) is 0.400. The maximum absolute atomic E-state index is 5.55. The lowest BCUT2D eigenvalue weighted by molar-refractivity contribution is 0.0208. The summed E-state index contributed by atoms with van der Waals surface area (Å²) in [5.41, 5.74) is 0.965. The molecular formula is C10H11N3O2S. The van der Waals surface area contributed by atoms with E-state index < -0.39 is 0 Å². The molecule has 0 spiro atoms. The lowest BCUT2D eigenvalue weighted by Crippen LogP contribution is -2.33. The van der Waals surface area contributed by atoms with Crippen molar-refractivity contribution in [2.45, 2.75) is 6.10 Å². The van der Waals surface area contributed by atoms with Crippen LogP contribution in [-0.2, 0) is 4.74 Å². The summed E-state index contributed by atoms with van der Waals surface area (Å²) in [5.74, 6) is 1.18. The normalized spacial score (nSPS) is 21.1. The van der Waals surface area contributed by atoms with Crippen molar-refractivity contribution in [2.75, 3.05) is 19.7 Å². The number of nitrogens with one attached hydrogen (secondary N) is 1. The van der Waals surface area contributed by atoms with Gasteiger partial charge in [0.1, 0.15) is 6.10 Å². The van der Waals surface area contributed by atoms with Crippen LogP contribution in [0.5, 0.6) is 0 Å². The Balaban J connectivity index is 1.82. The predicted molar refractivity (Wildman–Crippen MR) is 59.2 cm³/mol. The minimum absolute atomic E-state index is 0.0927. The second kappa shape index (κ2) is 4.32. The second-order valence-electron chi connectivity index (χ2n) is 3.53. The van der Waals surface area contributed by atoms with Gasteiger partial charge >= 0.3 is 0 Å². The van der Waals surface area contributed by atoms with Gasteiger partial charge in [-0.25, -0.2) is 0 Å². The highest BCUT2D eigenvalue weighted by Gasteiger charge is 2.21. The minimum atomic E-state index is -0.0927. The van der Waals surface area contributed by atoms with Crippen LogP contribution in [0.4, 0.5) is 0 Å². The van der Waals surface area contributed by atoms with Gasteiger partial charge in [0.15, 0.2) is 0 Å². The van der Waals surface area contributed by atoms with Gasteiger partial charge in [-0.15, -0.1) is 0 Å². The molecule has 3 rings (SSSR count). The summed E-state index contributed by atoms with van der Waals surface area (Å²) < 4.78 is 10.7. The predicted octanol–water partition coefficient (Wildman–Crippen LogP) is 1.46. The van der Waals surface area contributed by atoms with Crippen LogP contribution in [0.2, 0.25) is 0 Å². The van der Waals surface area contributed by atoms with E-state index in [1.165, 1.54) is 0 Å². The molecule has 0 aromatic carbocycles. The van der Waals surface area contributed by atoms with E-state index in [4.69, 9.17) is 9.26 Å². The molecule has 0 amide bonds. The molecule has 1 aliphatic heterocycles. The van der Waals surface area contributed by atoms with Crippen molar-refractivity contribution in [1.82, 2.24) is 15.5 Å². The van der Waals surface area contributed by atoms with Crippen LogP contribution >= 0.6 is 11.3 Å². The van der Waals surface area contributed by atoms with E-state index in [9.17, 15) is 0 Å². The van der Waals surface area contributed by atoms with Crippen molar-refractivity contribution < 1.29 is 9.26 Å². The second-order valence-corrected chi connectivity index (χ2v) is 4.31. The Bertz CT molecular complexity index is 448. The average Bonchev–Trinajstić information content (AvgIpc) is 3.01. The van der Waals surface area contributed by atoms with Crippen molar-refractivity contribution in [3.8, 4) is 11.5 Å². The monoisotopic (exact) mass is 237 g/mol. The minimum Gasteiger partial charge on any atom is -0.367 e. The van der Waals surface area contributed by atoms with Crippen molar-refractivity contribution in [2.24, 2.45) is 0 Å². The zero-order valence-corrected chi connectivity index (χ0v) is 9.37. The molecule has 0 aliphatic carbocycles. The first-order valence-electron chi connectivity index (χ1n) is 5.12. The topological polar surface area (TPSA) is 60.2 Å². The molecule has 1 atom stereocenters. The highest BCUT2D eigenvalue weighted by Crippen LogP contribution is 2.23. The van der Waals surface area contributed by atoms with Gasteiger partial charge in [-0.1, -0.05) is 5.16 Å². The van der Waals surface area contributed by atoms with Crippen LogP contribution in [0.1, 0.15) is 11.9 Å². The molecule has 1 fully saturated rings. The quantitative estimate of drug-likeness (QED) is 0.856. The number of thiophene rings is 1. The van der Waals surface area contributed by atoms with Crippen LogP contribution < -0.4 is 5.32 Å². The lowest BCUT2D eigenvalue weighted by Gasteiger charge is -2.20. The van der Waals surface area contributed by atoms with E-state index in [0.29, 0.717) is 18.3 Å². The van der Waals surface area contributed by atoms with Gasteiger partial charge in [0, 0.05) is 18.5 Å². The average molecular weight is 237 g/mol. The fourth-order valence-electron chi connectivity index (χ4n) is 1.60. The van der Waals surface area contributed by atoms with Crippen molar-refractivity contribution in [3.05, 3.63) is 22.7 Å². The molecule has 1 aliphatic rings. The summed E-state index contributed by atoms with van der Waals surface area (Å²) in [6.07, 6.45) is -0.0927. The van der Waals surface area contributed by atoms with Gasteiger partial charge < -0.3 is 14.6 Å². The lowest BCUT2D eigenvalue weighted by atomic mass is 10.3. The first kappa shape index (κ1) is 9.95. The molecule has 6 heteroatoms. The van der Waals surface area contributed by atoms with Gasteiger partial charge in [-0.05, 0) is 11.4 Å². The van der Waals surface area contributed by atoms with Crippen LogP contribution in [0, 0.1) is 0 Å². The molecule has 16 heavy (non-hydrogen) atoms. The highest BCUT2D eigenvalue weighted by molar-refractivity contribution is 7.08. The van der Waals surface area contributed by atoms with Gasteiger partial charge in [0.2, 0.25) is 5.82 Å². The molecule has 1 saturated heterocycles. The molecule has 2 aromatic rings. The summed E-state index contributed by atoms with van der Waals surface area (Å²) in [7, 11) is 0. The maximum atomic E-state index is 5.55. The summed E-state index contributed by atoms with van der Waals surface area (Å²) in [4.78, 5) is 4.34. The summed E-state index contributed by atoms with van der Waals surface area (Å²) in [6.45, 7) is 2.31. The number of ether oxygens (including phenoxy) is 1. The Morgan fingerprint density at radius 3 is 3.25 bits per heavy atom. The van der Waals surface area contributed by atoms with Gasteiger partial charge in [-0.2, -0.15) is 16.3 Å². The number of hydrogen-bond acceptors (Lipinski definition) is 6. The van der Waals surface area contributed by atoms with E-state index >= 15 is 0 Å². The van der Waals surface area contributed by atoms with E-state index in [1.807, 2.05) is 16.8 Å².